The van der Waals surface area contributed by atoms with Crippen LogP contribution in [0.5, 0.6) is 0 Å². The maximum Gasteiger partial charge on any atom is 0.215 e. The van der Waals surface area contributed by atoms with Crippen molar-refractivity contribution >= 4 is 10.0 Å². The molecule has 2 rings (SSSR count). The van der Waals surface area contributed by atoms with E-state index in [2.05, 4.69) is 9.71 Å². The summed E-state index contributed by atoms with van der Waals surface area (Å²) in [4.78, 5) is 4.00. The molecule has 112 valence electrons. The number of hydrogen-bond donors (Lipinski definition) is 2. The summed E-state index contributed by atoms with van der Waals surface area (Å²) >= 11 is 0. The van der Waals surface area contributed by atoms with Gasteiger partial charge < -0.3 is 5.73 Å². The van der Waals surface area contributed by atoms with E-state index >= 15 is 0 Å². The summed E-state index contributed by atoms with van der Waals surface area (Å²) in [6, 6.07) is 11.0. The topological polar surface area (TPSA) is 85.1 Å². The molecule has 0 aliphatic heterocycles. The molecule has 1 aromatic heterocycles. The lowest BCUT2D eigenvalue weighted by molar-refractivity contribution is 0.580. The Labute approximate surface area is 125 Å². The number of nitrogens with two attached hydrogens (primary N) is 1. The van der Waals surface area contributed by atoms with Crippen LogP contribution in [0.25, 0.3) is 0 Å². The molecule has 6 heteroatoms. The number of sulfonamides is 1. The number of nitrogens with zero attached hydrogens (tertiary/aromatic N) is 1. The Hall–Kier alpha value is -1.76. The third-order valence-electron chi connectivity index (χ3n) is 3.07. The highest BCUT2D eigenvalue weighted by Gasteiger charge is 2.10. The number of pyridine rings is 1. The Morgan fingerprint density at radius 3 is 2.38 bits per heavy atom. The molecule has 0 saturated heterocycles. The highest BCUT2D eigenvalue weighted by Crippen LogP contribution is 2.07. The molecule has 21 heavy (non-hydrogen) atoms. The molecule has 0 spiro atoms. The van der Waals surface area contributed by atoms with E-state index in [1.165, 1.54) is 0 Å². The number of aromatic nitrogens is 1. The van der Waals surface area contributed by atoms with Gasteiger partial charge in [0.1, 0.15) is 0 Å². The van der Waals surface area contributed by atoms with Crippen molar-refractivity contribution in [2.45, 2.75) is 18.7 Å². The van der Waals surface area contributed by atoms with E-state index in [0.717, 1.165) is 16.7 Å². The van der Waals surface area contributed by atoms with Gasteiger partial charge in [0.2, 0.25) is 10.0 Å². The predicted molar refractivity (Wildman–Crippen MR) is 82.9 cm³/mol. The number of nitrogens with one attached hydrogen (secondary N) is 1. The number of benzene rings is 1. The fourth-order valence-corrected chi connectivity index (χ4v) is 3.09. The van der Waals surface area contributed by atoms with Gasteiger partial charge in [-0.15, -0.1) is 0 Å². The van der Waals surface area contributed by atoms with Crippen molar-refractivity contribution in [2.24, 2.45) is 5.73 Å². The zero-order chi connectivity index (χ0) is 15.1. The fourth-order valence-electron chi connectivity index (χ4n) is 1.94. The zero-order valence-corrected chi connectivity index (χ0v) is 12.5. The van der Waals surface area contributed by atoms with E-state index in [-0.39, 0.29) is 5.75 Å². The maximum absolute atomic E-state index is 12.0. The van der Waals surface area contributed by atoms with Crippen molar-refractivity contribution in [1.29, 1.82) is 0 Å². The summed E-state index contributed by atoms with van der Waals surface area (Å²) in [6.45, 7) is 0.825. The smallest absolute Gasteiger partial charge is 0.215 e. The number of rotatable bonds is 7. The standard InChI is InChI=1S/C15H19N3O2S/c16-10-13-3-5-15(6-4-13)12-21(19,20)18-9-7-14-2-1-8-17-11-14/h1-6,8,11,18H,7,9-10,12,16H2. The Kier molecular flexibility index (Phi) is 5.44. The summed E-state index contributed by atoms with van der Waals surface area (Å²) < 4.78 is 26.6. The first kappa shape index (κ1) is 15.6. The van der Waals surface area contributed by atoms with Gasteiger partial charge in [0, 0.05) is 25.5 Å². The van der Waals surface area contributed by atoms with Crippen LogP contribution in [-0.2, 0) is 28.7 Å². The van der Waals surface area contributed by atoms with Crippen LogP contribution in [0.3, 0.4) is 0 Å². The molecule has 1 aromatic carbocycles. The molecule has 0 bridgehead atoms. The SMILES string of the molecule is NCc1ccc(CS(=O)(=O)NCCc2cccnc2)cc1. The second kappa shape index (κ2) is 7.31. The van der Waals surface area contributed by atoms with Gasteiger partial charge in [0.05, 0.1) is 5.75 Å². The average molecular weight is 305 g/mol. The van der Waals surface area contributed by atoms with Crippen molar-refractivity contribution in [2.75, 3.05) is 6.54 Å². The first-order chi connectivity index (χ1) is 10.1. The van der Waals surface area contributed by atoms with E-state index in [9.17, 15) is 8.42 Å². The van der Waals surface area contributed by atoms with Crippen molar-refractivity contribution in [1.82, 2.24) is 9.71 Å². The van der Waals surface area contributed by atoms with Gasteiger partial charge in [0.15, 0.2) is 0 Å². The van der Waals surface area contributed by atoms with Crippen LogP contribution in [-0.4, -0.2) is 19.9 Å². The molecular formula is C15H19N3O2S. The zero-order valence-electron chi connectivity index (χ0n) is 11.7. The Morgan fingerprint density at radius 2 is 1.76 bits per heavy atom. The molecule has 0 atom stereocenters. The molecule has 3 N–H and O–H groups in total. The lowest BCUT2D eigenvalue weighted by atomic mass is 10.1. The predicted octanol–water partition coefficient (Wildman–Crippen LogP) is 1.20. The van der Waals surface area contributed by atoms with Crippen molar-refractivity contribution in [3.05, 3.63) is 65.5 Å². The van der Waals surface area contributed by atoms with Crippen LogP contribution in [0.4, 0.5) is 0 Å². The van der Waals surface area contributed by atoms with Crippen LogP contribution in [0, 0.1) is 0 Å². The van der Waals surface area contributed by atoms with Crippen molar-refractivity contribution in [3.63, 3.8) is 0 Å². The fraction of sp³-hybridized carbons (Fsp3) is 0.267. The van der Waals surface area contributed by atoms with Gasteiger partial charge in [-0.1, -0.05) is 30.3 Å². The second-order valence-corrected chi connectivity index (χ2v) is 6.59. The highest BCUT2D eigenvalue weighted by molar-refractivity contribution is 7.88. The first-order valence-corrected chi connectivity index (χ1v) is 8.38. The molecule has 0 aliphatic carbocycles. The van der Waals surface area contributed by atoms with Gasteiger partial charge in [0.25, 0.3) is 0 Å². The van der Waals surface area contributed by atoms with Crippen LogP contribution >= 0.6 is 0 Å². The van der Waals surface area contributed by atoms with Crippen LogP contribution < -0.4 is 10.5 Å². The van der Waals surface area contributed by atoms with Crippen molar-refractivity contribution in [3.8, 4) is 0 Å². The molecule has 0 saturated carbocycles. The Balaban J connectivity index is 1.86. The molecule has 2 aromatic rings. The molecular weight excluding hydrogens is 286 g/mol. The van der Waals surface area contributed by atoms with Crippen LogP contribution in [0.1, 0.15) is 16.7 Å². The monoisotopic (exact) mass is 305 g/mol. The van der Waals surface area contributed by atoms with E-state index in [4.69, 9.17) is 5.73 Å². The average Bonchev–Trinajstić information content (AvgIpc) is 2.48. The van der Waals surface area contributed by atoms with Gasteiger partial charge >= 0.3 is 0 Å². The summed E-state index contributed by atoms with van der Waals surface area (Å²) in [5.41, 5.74) is 8.26. The molecule has 5 nitrogen and oxygen atoms in total. The van der Waals surface area contributed by atoms with Gasteiger partial charge in [-0.2, -0.15) is 0 Å². The van der Waals surface area contributed by atoms with E-state index in [0.29, 0.717) is 19.5 Å². The minimum absolute atomic E-state index is 0.0229. The Morgan fingerprint density at radius 1 is 1.05 bits per heavy atom. The molecule has 0 unspecified atom stereocenters. The molecule has 0 radical (unpaired) electrons. The summed E-state index contributed by atoms with van der Waals surface area (Å²) in [5, 5.41) is 0. The highest BCUT2D eigenvalue weighted by atomic mass is 32.2. The largest absolute Gasteiger partial charge is 0.326 e. The van der Waals surface area contributed by atoms with Crippen LogP contribution in [0.15, 0.2) is 48.8 Å². The lowest BCUT2D eigenvalue weighted by Gasteiger charge is -2.07. The van der Waals surface area contributed by atoms with Crippen LogP contribution in [0.2, 0.25) is 0 Å². The van der Waals surface area contributed by atoms with E-state index in [1.807, 2.05) is 24.3 Å². The maximum atomic E-state index is 12.0. The Bertz CT molecular complexity index is 655. The molecule has 0 amide bonds. The molecule has 0 aliphatic rings. The molecule has 0 fully saturated rings. The summed E-state index contributed by atoms with van der Waals surface area (Å²) in [5.74, 6) is -0.0229. The van der Waals surface area contributed by atoms with Gasteiger partial charge in [-0.25, -0.2) is 13.1 Å². The molecule has 1 heterocycles. The third kappa shape index (κ3) is 5.26. The minimum Gasteiger partial charge on any atom is -0.326 e. The van der Waals surface area contributed by atoms with Gasteiger partial charge in [-0.05, 0) is 29.2 Å². The lowest BCUT2D eigenvalue weighted by Crippen LogP contribution is -2.27. The third-order valence-corrected chi connectivity index (χ3v) is 4.43. The van der Waals surface area contributed by atoms with E-state index < -0.39 is 10.0 Å². The van der Waals surface area contributed by atoms with Gasteiger partial charge in [-0.3, -0.25) is 4.98 Å². The minimum atomic E-state index is -3.33. The number of hydrogen-bond acceptors (Lipinski definition) is 4. The summed E-state index contributed by atoms with van der Waals surface area (Å²) in [6.07, 6.45) is 4.05. The van der Waals surface area contributed by atoms with E-state index in [1.54, 1.807) is 24.5 Å². The normalized spacial score (nSPS) is 11.5. The second-order valence-electron chi connectivity index (χ2n) is 4.79. The first-order valence-electron chi connectivity index (χ1n) is 6.73. The van der Waals surface area contributed by atoms with Crippen molar-refractivity contribution < 1.29 is 8.42 Å². The summed E-state index contributed by atoms with van der Waals surface area (Å²) in [7, 11) is -3.33. The quantitative estimate of drug-likeness (QED) is 0.805.